The number of hydrogen-bond acceptors (Lipinski definition) is 3. The molecular formula is C15H21NO3. The molecule has 0 saturated carbocycles. The first-order chi connectivity index (χ1) is 9.16. The molecule has 1 heterocycles. The maximum atomic E-state index is 11.4. The van der Waals surface area contributed by atoms with Crippen LogP contribution in [0.4, 0.5) is 0 Å². The lowest BCUT2D eigenvalue weighted by Gasteiger charge is -2.27. The smallest absolute Gasteiger partial charge is 0.311 e. The van der Waals surface area contributed by atoms with Crippen molar-refractivity contribution in [3.8, 4) is 0 Å². The maximum Gasteiger partial charge on any atom is 0.311 e. The number of rotatable bonds is 5. The van der Waals surface area contributed by atoms with Gasteiger partial charge in [-0.1, -0.05) is 29.8 Å². The monoisotopic (exact) mass is 263 g/mol. The standard InChI is InChI=1S/C15H21NO3/c1-12-3-2-4-13(11-12)14(15(17)18)5-6-16-7-9-19-10-8-16/h2-4,11,14H,5-10H2,1H3,(H,17,18). The number of carboxylic acid groups (broad SMARTS) is 1. The van der Waals surface area contributed by atoms with E-state index in [-0.39, 0.29) is 0 Å². The summed E-state index contributed by atoms with van der Waals surface area (Å²) in [7, 11) is 0. The van der Waals surface area contributed by atoms with Crippen molar-refractivity contribution in [2.24, 2.45) is 0 Å². The van der Waals surface area contributed by atoms with Gasteiger partial charge in [-0.05, 0) is 25.5 Å². The molecule has 4 nitrogen and oxygen atoms in total. The fourth-order valence-electron chi connectivity index (χ4n) is 2.46. The van der Waals surface area contributed by atoms with Gasteiger partial charge < -0.3 is 9.84 Å². The highest BCUT2D eigenvalue weighted by molar-refractivity contribution is 5.76. The molecule has 0 radical (unpaired) electrons. The van der Waals surface area contributed by atoms with E-state index in [1.165, 1.54) is 0 Å². The topological polar surface area (TPSA) is 49.8 Å². The Morgan fingerprint density at radius 3 is 2.79 bits per heavy atom. The summed E-state index contributed by atoms with van der Waals surface area (Å²) in [6, 6.07) is 7.79. The van der Waals surface area contributed by atoms with Gasteiger partial charge in [-0.25, -0.2) is 0 Å². The normalized spacial score (nSPS) is 18.2. The van der Waals surface area contributed by atoms with Crippen LogP contribution in [0.3, 0.4) is 0 Å². The molecule has 0 amide bonds. The van der Waals surface area contributed by atoms with E-state index in [1.807, 2.05) is 31.2 Å². The van der Waals surface area contributed by atoms with E-state index in [0.29, 0.717) is 6.42 Å². The molecule has 1 N–H and O–H groups in total. The summed E-state index contributed by atoms with van der Waals surface area (Å²) in [5.74, 6) is -1.15. The summed E-state index contributed by atoms with van der Waals surface area (Å²) in [6.07, 6.45) is 0.652. The number of carbonyl (C=O) groups is 1. The Kier molecular flexibility index (Phi) is 4.93. The van der Waals surface area contributed by atoms with E-state index >= 15 is 0 Å². The largest absolute Gasteiger partial charge is 0.481 e. The van der Waals surface area contributed by atoms with Gasteiger partial charge in [0.2, 0.25) is 0 Å². The number of hydrogen-bond donors (Lipinski definition) is 1. The predicted octanol–water partition coefficient (Wildman–Crippen LogP) is 1.89. The van der Waals surface area contributed by atoms with Gasteiger partial charge in [0.05, 0.1) is 19.1 Å². The van der Waals surface area contributed by atoms with Gasteiger partial charge in [-0.15, -0.1) is 0 Å². The quantitative estimate of drug-likeness (QED) is 0.881. The van der Waals surface area contributed by atoms with Gasteiger partial charge in [-0.3, -0.25) is 9.69 Å². The van der Waals surface area contributed by atoms with Gasteiger partial charge in [0.1, 0.15) is 0 Å². The number of aliphatic carboxylic acids is 1. The van der Waals surface area contributed by atoms with Crippen LogP contribution in [0.2, 0.25) is 0 Å². The van der Waals surface area contributed by atoms with Crippen LogP contribution >= 0.6 is 0 Å². The van der Waals surface area contributed by atoms with Crippen molar-refractivity contribution in [3.05, 3.63) is 35.4 Å². The number of nitrogens with zero attached hydrogens (tertiary/aromatic N) is 1. The molecule has 19 heavy (non-hydrogen) atoms. The van der Waals surface area contributed by atoms with Crippen molar-refractivity contribution in [2.75, 3.05) is 32.8 Å². The molecule has 1 aromatic carbocycles. The van der Waals surface area contributed by atoms with Crippen molar-refractivity contribution in [3.63, 3.8) is 0 Å². The first kappa shape index (κ1) is 14.0. The van der Waals surface area contributed by atoms with Crippen LogP contribution in [0, 0.1) is 6.92 Å². The zero-order valence-electron chi connectivity index (χ0n) is 11.3. The number of carboxylic acids is 1. The second-order valence-electron chi connectivity index (χ2n) is 5.05. The fourth-order valence-corrected chi connectivity index (χ4v) is 2.46. The Labute approximate surface area is 114 Å². The van der Waals surface area contributed by atoms with Gasteiger partial charge >= 0.3 is 5.97 Å². The Morgan fingerprint density at radius 2 is 2.16 bits per heavy atom. The second-order valence-corrected chi connectivity index (χ2v) is 5.05. The molecule has 1 aromatic rings. The Balaban J connectivity index is 1.98. The summed E-state index contributed by atoms with van der Waals surface area (Å²) in [6.45, 7) is 6.11. The number of benzene rings is 1. The van der Waals surface area contributed by atoms with Crippen LogP contribution in [-0.2, 0) is 9.53 Å². The summed E-state index contributed by atoms with van der Waals surface area (Å²) in [4.78, 5) is 13.7. The average molecular weight is 263 g/mol. The summed E-state index contributed by atoms with van der Waals surface area (Å²) in [5.41, 5.74) is 2.01. The molecule has 0 spiro atoms. The molecule has 104 valence electrons. The zero-order chi connectivity index (χ0) is 13.7. The van der Waals surface area contributed by atoms with Crippen LogP contribution in [-0.4, -0.2) is 48.8 Å². The first-order valence-corrected chi connectivity index (χ1v) is 6.76. The molecule has 0 aromatic heterocycles. The summed E-state index contributed by atoms with van der Waals surface area (Å²) < 4.78 is 5.30. The van der Waals surface area contributed by atoms with Crippen LogP contribution in [0.15, 0.2) is 24.3 Å². The molecule has 0 bridgehead atoms. The lowest BCUT2D eigenvalue weighted by Crippen LogP contribution is -2.37. The number of morpholine rings is 1. The third-order valence-electron chi connectivity index (χ3n) is 3.58. The molecular weight excluding hydrogens is 242 g/mol. The van der Waals surface area contributed by atoms with E-state index in [4.69, 9.17) is 4.74 Å². The fraction of sp³-hybridized carbons (Fsp3) is 0.533. The minimum atomic E-state index is -0.737. The summed E-state index contributed by atoms with van der Waals surface area (Å²) in [5, 5.41) is 9.40. The molecule has 1 fully saturated rings. The second kappa shape index (κ2) is 6.68. The van der Waals surface area contributed by atoms with Gasteiger partial charge in [0, 0.05) is 13.1 Å². The van der Waals surface area contributed by atoms with E-state index in [1.54, 1.807) is 0 Å². The maximum absolute atomic E-state index is 11.4. The van der Waals surface area contributed by atoms with Crippen LogP contribution in [0.25, 0.3) is 0 Å². The van der Waals surface area contributed by atoms with Crippen LogP contribution in [0.1, 0.15) is 23.5 Å². The van der Waals surface area contributed by atoms with Crippen molar-refractivity contribution in [1.82, 2.24) is 4.90 Å². The Morgan fingerprint density at radius 1 is 1.42 bits per heavy atom. The highest BCUT2D eigenvalue weighted by Gasteiger charge is 2.21. The molecule has 1 atom stereocenters. The van der Waals surface area contributed by atoms with E-state index in [2.05, 4.69) is 4.90 Å². The number of ether oxygens (including phenoxy) is 1. The predicted molar refractivity (Wildman–Crippen MR) is 73.4 cm³/mol. The van der Waals surface area contributed by atoms with Crippen LogP contribution in [0.5, 0.6) is 0 Å². The lowest BCUT2D eigenvalue weighted by atomic mass is 9.94. The first-order valence-electron chi connectivity index (χ1n) is 6.76. The molecule has 2 rings (SSSR count). The highest BCUT2D eigenvalue weighted by Crippen LogP contribution is 2.21. The highest BCUT2D eigenvalue weighted by atomic mass is 16.5. The van der Waals surface area contributed by atoms with Crippen molar-refractivity contribution in [2.45, 2.75) is 19.3 Å². The Hall–Kier alpha value is -1.39. The van der Waals surface area contributed by atoms with E-state index < -0.39 is 11.9 Å². The van der Waals surface area contributed by atoms with Gasteiger partial charge in [-0.2, -0.15) is 0 Å². The Bertz CT molecular complexity index is 427. The molecule has 1 aliphatic rings. The molecule has 0 aliphatic carbocycles. The SMILES string of the molecule is Cc1cccc(C(CCN2CCOCC2)C(=O)O)c1. The minimum Gasteiger partial charge on any atom is -0.481 e. The summed E-state index contributed by atoms with van der Waals surface area (Å²) >= 11 is 0. The van der Waals surface area contributed by atoms with Crippen molar-refractivity contribution < 1.29 is 14.6 Å². The van der Waals surface area contributed by atoms with E-state index in [0.717, 1.165) is 44.0 Å². The lowest BCUT2D eigenvalue weighted by molar-refractivity contribution is -0.139. The molecule has 1 unspecified atom stereocenters. The minimum absolute atomic E-state index is 0.414. The third kappa shape index (κ3) is 4.04. The molecule has 4 heteroatoms. The zero-order valence-corrected chi connectivity index (χ0v) is 11.3. The third-order valence-corrected chi connectivity index (χ3v) is 3.58. The van der Waals surface area contributed by atoms with E-state index in [9.17, 15) is 9.90 Å². The van der Waals surface area contributed by atoms with Gasteiger partial charge in [0.25, 0.3) is 0 Å². The molecule has 1 aliphatic heterocycles. The van der Waals surface area contributed by atoms with Gasteiger partial charge in [0.15, 0.2) is 0 Å². The van der Waals surface area contributed by atoms with Crippen molar-refractivity contribution >= 4 is 5.97 Å². The average Bonchev–Trinajstić information content (AvgIpc) is 2.40. The number of aryl methyl sites for hydroxylation is 1. The van der Waals surface area contributed by atoms with Crippen LogP contribution < -0.4 is 0 Å². The molecule has 1 saturated heterocycles. The van der Waals surface area contributed by atoms with Crippen molar-refractivity contribution in [1.29, 1.82) is 0 Å².